The van der Waals surface area contributed by atoms with Crippen molar-refractivity contribution in [3.63, 3.8) is 0 Å². The first-order valence-corrected chi connectivity index (χ1v) is 6.54. The van der Waals surface area contributed by atoms with Crippen LogP contribution in [0, 0.1) is 27.7 Å². The quantitative estimate of drug-likeness (QED) is 0.681. The number of piperidine rings is 1. The van der Waals surface area contributed by atoms with Gasteiger partial charge in [-0.2, -0.15) is 0 Å². The van der Waals surface area contributed by atoms with E-state index in [-0.39, 0.29) is 5.69 Å². The lowest BCUT2D eigenvalue weighted by atomic mass is 9.99. The molecule has 7 heteroatoms. The molecule has 1 aromatic rings. The molecular weight excluding hydrogens is 268 g/mol. The largest absolute Gasteiger partial charge is 0.370 e. The topological polar surface area (TPSA) is 58.4 Å². The number of halogens is 2. The standard InChI is InChI=1S/C13H17F2N3O2/c1-17(8-9-3-2-4-16-7-9)13-11(14)5-10(18(19)20)6-12(13)15/h5-6,9,16H,2-4,7-8H2,1H3. The first-order chi connectivity index (χ1) is 9.49. The van der Waals surface area contributed by atoms with Gasteiger partial charge >= 0.3 is 0 Å². The van der Waals surface area contributed by atoms with Crippen LogP contribution in [0.5, 0.6) is 0 Å². The highest BCUT2D eigenvalue weighted by molar-refractivity contribution is 5.53. The lowest BCUT2D eigenvalue weighted by molar-refractivity contribution is -0.385. The van der Waals surface area contributed by atoms with E-state index in [1.807, 2.05) is 0 Å². The summed E-state index contributed by atoms with van der Waals surface area (Å²) in [4.78, 5) is 11.2. The van der Waals surface area contributed by atoms with E-state index in [1.165, 1.54) is 4.90 Å². The molecular formula is C13H17F2N3O2. The number of nitro benzene ring substituents is 1. The summed E-state index contributed by atoms with van der Waals surface area (Å²) in [6.07, 6.45) is 2.05. The van der Waals surface area contributed by atoms with E-state index >= 15 is 0 Å². The lowest BCUT2D eigenvalue weighted by Gasteiger charge is -2.29. The molecule has 5 nitrogen and oxygen atoms in total. The summed E-state index contributed by atoms with van der Waals surface area (Å²) in [5.41, 5.74) is -0.780. The summed E-state index contributed by atoms with van der Waals surface area (Å²) < 4.78 is 27.7. The summed E-state index contributed by atoms with van der Waals surface area (Å²) in [7, 11) is 1.60. The number of nitro groups is 1. The van der Waals surface area contributed by atoms with Crippen LogP contribution in [0.1, 0.15) is 12.8 Å². The number of hydrogen-bond donors (Lipinski definition) is 1. The third kappa shape index (κ3) is 3.22. The SMILES string of the molecule is CN(CC1CCCNC1)c1c(F)cc([N+](=O)[O-])cc1F. The second-order valence-corrected chi connectivity index (χ2v) is 5.11. The molecule has 1 saturated heterocycles. The zero-order chi connectivity index (χ0) is 14.7. The van der Waals surface area contributed by atoms with Crippen LogP contribution in [0.25, 0.3) is 0 Å². The zero-order valence-electron chi connectivity index (χ0n) is 11.2. The van der Waals surface area contributed by atoms with Gasteiger partial charge in [-0.15, -0.1) is 0 Å². The molecule has 1 N–H and O–H groups in total. The maximum Gasteiger partial charge on any atom is 0.275 e. The second kappa shape index (κ2) is 6.13. The van der Waals surface area contributed by atoms with Gasteiger partial charge in [0.25, 0.3) is 5.69 Å². The Morgan fingerprint density at radius 3 is 2.60 bits per heavy atom. The average molecular weight is 285 g/mol. The predicted octanol–water partition coefficient (Wildman–Crippen LogP) is 2.31. The summed E-state index contributed by atoms with van der Waals surface area (Å²) >= 11 is 0. The van der Waals surface area contributed by atoms with Crippen LogP contribution in [0.4, 0.5) is 20.2 Å². The van der Waals surface area contributed by atoms with Gasteiger partial charge in [0.2, 0.25) is 0 Å². The van der Waals surface area contributed by atoms with Crippen LogP contribution in [0.2, 0.25) is 0 Å². The van der Waals surface area contributed by atoms with Crippen molar-refractivity contribution in [3.05, 3.63) is 33.9 Å². The molecule has 1 aliphatic rings. The minimum atomic E-state index is -0.900. The predicted molar refractivity (Wildman–Crippen MR) is 71.9 cm³/mol. The van der Waals surface area contributed by atoms with Crippen LogP contribution in [0.3, 0.4) is 0 Å². The fourth-order valence-corrected chi connectivity index (χ4v) is 2.58. The van der Waals surface area contributed by atoms with Gasteiger partial charge in [0.05, 0.1) is 17.1 Å². The van der Waals surface area contributed by atoms with Crippen molar-refractivity contribution < 1.29 is 13.7 Å². The van der Waals surface area contributed by atoms with Gasteiger partial charge in [0.15, 0.2) is 11.6 Å². The van der Waals surface area contributed by atoms with Crippen molar-refractivity contribution in [2.75, 3.05) is 31.6 Å². The molecule has 1 fully saturated rings. The maximum atomic E-state index is 13.9. The zero-order valence-corrected chi connectivity index (χ0v) is 11.2. The molecule has 1 unspecified atom stereocenters. The molecule has 2 rings (SSSR count). The van der Waals surface area contributed by atoms with Crippen molar-refractivity contribution in [2.45, 2.75) is 12.8 Å². The van der Waals surface area contributed by atoms with Crippen molar-refractivity contribution in [1.82, 2.24) is 5.32 Å². The highest BCUT2D eigenvalue weighted by Gasteiger charge is 2.22. The van der Waals surface area contributed by atoms with E-state index < -0.39 is 22.2 Å². The van der Waals surface area contributed by atoms with Crippen LogP contribution in [0.15, 0.2) is 12.1 Å². The molecule has 0 amide bonds. The summed E-state index contributed by atoms with van der Waals surface area (Å²) in [6.45, 7) is 2.31. The van der Waals surface area contributed by atoms with Crippen LogP contribution >= 0.6 is 0 Å². The Labute approximate surface area is 115 Å². The average Bonchev–Trinajstić information content (AvgIpc) is 2.38. The van der Waals surface area contributed by atoms with Crippen molar-refractivity contribution in [3.8, 4) is 0 Å². The highest BCUT2D eigenvalue weighted by Crippen LogP contribution is 2.28. The number of benzene rings is 1. The van der Waals surface area contributed by atoms with Crippen molar-refractivity contribution >= 4 is 11.4 Å². The molecule has 0 aromatic heterocycles. The third-order valence-electron chi connectivity index (χ3n) is 3.53. The Balaban J connectivity index is 2.16. The van der Waals surface area contributed by atoms with E-state index in [0.29, 0.717) is 12.5 Å². The number of nitrogens with zero attached hydrogens (tertiary/aromatic N) is 2. The van der Waals surface area contributed by atoms with Crippen LogP contribution in [-0.4, -0.2) is 31.6 Å². The minimum Gasteiger partial charge on any atom is -0.370 e. The molecule has 0 aliphatic carbocycles. The number of rotatable bonds is 4. The molecule has 20 heavy (non-hydrogen) atoms. The van der Waals surface area contributed by atoms with Gasteiger partial charge in [0.1, 0.15) is 5.69 Å². The summed E-state index contributed by atoms with van der Waals surface area (Å²) in [6, 6.07) is 1.52. The third-order valence-corrected chi connectivity index (χ3v) is 3.53. The molecule has 110 valence electrons. The number of hydrogen-bond acceptors (Lipinski definition) is 4. The van der Waals surface area contributed by atoms with Gasteiger partial charge in [-0.05, 0) is 31.8 Å². The van der Waals surface area contributed by atoms with E-state index in [9.17, 15) is 18.9 Å². The van der Waals surface area contributed by atoms with Crippen molar-refractivity contribution in [2.24, 2.45) is 5.92 Å². The second-order valence-electron chi connectivity index (χ2n) is 5.11. The molecule has 0 saturated carbocycles. The fourth-order valence-electron chi connectivity index (χ4n) is 2.58. The first-order valence-electron chi connectivity index (χ1n) is 6.54. The highest BCUT2D eigenvalue weighted by atomic mass is 19.1. The Morgan fingerprint density at radius 1 is 1.45 bits per heavy atom. The van der Waals surface area contributed by atoms with E-state index in [4.69, 9.17) is 0 Å². The summed E-state index contributed by atoms with van der Waals surface area (Å²) in [5.74, 6) is -1.48. The first kappa shape index (κ1) is 14.6. The smallest absolute Gasteiger partial charge is 0.275 e. The van der Waals surface area contributed by atoms with Gasteiger partial charge in [0, 0.05) is 13.6 Å². The molecule has 1 aliphatic heterocycles. The van der Waals surface area contributed by atoms with E-state index in [0.717, 1.165) is 38.1 Å². The molecule has 0 radical (unpaired) electrons. The Kier molecular flexibility index (Phi) is 4.49. The van der Waals surface area contributed by atoms with E-state index in [2.05, 4.69) is 5.32 Å². The Morgan fingerprint density at radius 2 is 2.10 bits per heavy atom. The molecule has 0 spiro atoms. The Bertz CT molecular complexity index is 481. The minimum absolute atomic E-state index is 0.207. The fraction of sp³-hybridized carbons (Fsp3) is 0.538. The maximum absolute atomic E-state index is 13.9. The molecule has 1 heterocycles. The molecule has 1 aromatic carbocycles. The number of anilines is 1. The van der Waals surface area contributed by atoms with Gasteiger partial charge < -0.3 is 10.2 Å². The van der Waals surface area contributed by atoms with Gasteiger partial charge in [-0.1, -0.05) is 0 Å². The monoisotopic (exact) mass is 285 g/mol. The van der Waals surface area contributed by atoms with Gasteiger partial charge in [-0.3, -0.25) is 10.1 Å². The molecule has 1 atom stereocenters. The normalized spacial score (nSPS) is 18.9. The van der Waals surface area contributed by atoms with Gasteiger partial charge in [-0.25, -0.2) is 8.78 Å². The summed E-state index contributed by atoms with van der Waals surface area (Å²) in [5, 5.41) is 13.8. The van der Waals surface area contributed by atoms with Crippen LogP contribution < -0.4 is 10.2 Å². The van der Waals surface area contributed by atoms with E-state index in [1.54, 1.807) is 7.05 Å². The van der Waals surface area contributed by atoms with Crippen LogP contribution in [-0.2, 0) is 0 Å². The number of nitrogens with one attached hydrogen (secondary N) is 1. The lowest BCUT2D eigenvalue weighted by Crippen LogP contribution is -2.37. The number of non-ortho nitro benzene ring substituents is 1. The molecule has 0 bridgehead atoms. The Hall–Kier alpha value is -1.76. The van der Waals surface area contributed by atoms with Crippen molar-refractivity contribution in [1.29, 1.82) is 0 Å².